The Bertz CT molecular complexity index is 235. The molecule has 5 heteroatoms. The number of halogens is 5. The zero-order valence-corrected chi connectivity index (χ0v) is 5.83. The van der Waals surface area contributed by atoms with Crippen LogP contribution >= 0.6 is 0 Å². The molecular formula is C7H5F5. The summed E-state index contributed by atoms with van der Waals surface area (Å²) in [6, 6.07) is 0. The van der Waals surface area contributed by atoms with Crippen molar-refractivity contribution in [1.29, 1.82) is 0 Å². The van der Waals surface area contributed by atoms with E-state index in [-0.39, 0.29) is 0 Å². The summed E-state index contributed by atoms with van der Waals surface area (Å²) in [5.41, 5.74) is -1.25. The number of hydrogen-bond donors (Lipinski definition) is 0. The van der Waals surface area contributed by atoms with Crippen LogP contribution in [-0.2, 0) is 0 Å². The minimum Gasteiger partial charge on any atom is -0.242 e. The van der Waals surface area contributed by atoms with Gasteiger partial charge in [0.25, 0.3) is 0 Å². The van der Waals surface area contributed by atoms with Crippen molar-refractivity contribution in [3.63, 3.8) is 0 Å². The molecule has 0 amide bonds. The van der Waals surface area contributed by atoms with Gasteiger partial charge in [0, 0.05) is 6.42 Å². The van der Waals surface area contributed by atoms with Crippen molar-refractivity contribution in [1.82, 2.24) is 0 Å². The first kappa shape index (κ1) is 9.22. The molecule has 12 heavy (non-hydrogen) atoms. The molecular weight excluding hydrogens is 179 g/mol. The summed E-state index contributed by atoms with van der Waals surface area (Å²) in [5.74, 6) is -1.07. The third-order valence-corrected chi connectivity index (χ3v) is 1.39. The molecule has 1 aliphatic rings. The van der Waals surface area contributed by atoms with Crippen molar-refractivity contribution >= 4 is 0 Å². The molecule has 0 saturated carbocycles. The number of hydrogen-bond acceptors (Lipinski definition) is 0. The van der Waals surface area contributed by atoms with Crippen LogP contribution in [0.5, 0.6) is 0 Å². The van der Waals surface area contributed by atoms with Crippen LogP contribution in [-0.4, -0.2) is 12.3 Å². The van der Waals surface area contributed by atoms with Crippen LogP contribution in [0.1, 0.15) is 6.42 Å². The second kappa shape index (κ2) is 2.88. The number of alkyl halides is 4. The van der Waals surface area contributed by atoms with Gasteiger partial charge in [0.05, 0.1) is 5.57 Å². The highest BCUT2D eigenvalue weighted by atomic mass is 19.4. The van der Waals surface area contributed by atoms with Gasteiger partial charge in [0.1, 0.15) is 12.0 Å². The number of rotatable bonds is 0. The lowest BCUT2D eigenvalue weighted by Gasteiger charge is -2.14. The molecule has 0 fully saturated rings. The van der Waals surface area contributed by atoms with E-state index in [0.717, 1.165) is 0 Å². The zero-order valence-electron chi connectivity index (χ0n) is 5.83. The van der Waals surface area contributed by atoms with Crippen molar-refractivity contribution in [2.75, 3.05) is 0 Å². The lowest BCUT2D eigenvalue weighted by atomic mass is 10.0. The minimum atomic E-state index is -4.66. The Balaban J connectivity index is 2.91. The molecule has 1 unspecified atom stereocenters. The molecule has 0 spiro atoms. The van der Waals surface area contributed by atoms with Crippen LogP contribution < -0.4 is 0 Å². The molecule has 0 aromatic carbocycles. The SMILES string of the molecule is FC1=CC(C(F)(F)F)=CC(F)C1. The third kappa shape index (κ3) is 2.06. The summed E-state index contributed by atoms with van der Waals surface area (Å²) in [6.45, 7) is 0. The standard InChI is InChI=1S/C7H5F5/c8-5-1-4(7(10,11)12)2-6(9)3-5/h1-2,5H,3H2. The van der Waals surface area contributed by atoms with Crippen LogP contribution in [0.15, 0.2) is 23.6 Å². The van der Waals surface area contributed by atoms with Gasteiger partial charge in [-0.2, -0.15) is 13.2 Å². The molecule has 0 N–H and O–H groups in total. The normalized spacial score (nSPS) is 24.9. The van der Waals surface area contributed by atoms with Crippen LogP contribution in [0.4, 0.5) is 22.0 Å². The monoisotopic (exact) mass is 184 g/mol. The van der Waals surface area contributed by atoms with E-state index in [2.05, 4.69) is 0 Å². The third-order valence-electron chi connectivity index (χ3n) is 1.39. The molecule has 0 radical (unpaired) electrons. The molecule has 0 saturated heterocycles. The van der Waals surface area contributed by atoms with E-state index in [4.69, 9.17) is 0 Å². The first-order chi connectivity index (χ1) is 5.39. The Kier molecular flexibility index (Phi) is 2.21. The van der Waals surface area contributed by atoms with Crippen molar-refractivity contribution in [3.8, 4) is 0 Å². The quantitative estimate of drug-likeness (QED) is 0.507. The van der Waals surface area contributed by atoms with Gasteiger partial charge in [-0.25, -0.2) is 8.78 Å². The predicted molar refractivity (Wildman–Crippen MR) is 32.8 cm³/mol. The molecule has 0 nitrogen and oxygen atoms in total. The first-order valence-corrected chi connectivity index (χ1v) is 3.19. The average Bonchev–Trinajstić information content (AvgIpc) is 1.82. The Hall–Kier alpha value is -0.870. The molecule has 1 aliphatic carbocycles. The Morgan fingerprint density at radius 3 is 2.33 bits per heavy atom. The average molecular weight is 184 g/mol. The van der Waals surface area contributed by atoms with Crippen molar-refractivity contribution in [3.05, 3.63) is 23.6 Å². The largest absolute Gasteiger partial charge is 0.416 e. The molecule has 1 rings (SSSR count). The summed E-state index contributed by atoms with van der Waals surface area (Å²) < 4.78 is 60.2. The van der Waals surface area contributed by atoms with Crippen LogP contribution in [0.2, 0.25) is 0 Å². The molecule has 0 aliphatic heterocycles. The van der Waals surface area contributed by atoms with Gasteiger partial charge in [-0.15, -0.1) is 0 Å². The van der Waals surface area contributed by atoms with Gasteiger partial charge in [0.15, 0.2) is 0 Å². The highest BCUT2D eigenvalue weighted by Crippen LogP contribution is 2.32. The lowest BCUT2D eigenvalue weighted by molar-refractivity contribution is -0.0893. The molecule has 0 heterocycles. The van der Waals surface area contributed by atoms with E-state index in [1.54, 1.807) is 0 Å². The predicted octanol–water partition coefficient (Wildman–Crippen LogP) is 3.07. The van der Waals surface area contributed by atoms with Crippen LogP contribution in [0.3, 0.4) is 0 Å². The molecule has 1 atom stereocenters. The summed E-state index contributed by atoms with van der Waals surface area (Å²) in [4.78, 5) is 0. The number of allylic oxidation sites excluding steroid dienone is 4. The Labute approximate surface area is 65.4 Å². The van der Waals surface area contributed by atoms with Gasteiger partial charge in [0.2, 0.25) is 0 Å². The first-order valence-electron chi connectivity index (χ1n) is 3.19. The summed E-state index contributed by atoms with van der Waals surface area (Å²) in [5, 5.41) is 0. The van der Waals surface area contributed by atoms with Gasteiger partial charge in [-0.1, -0.05) is 0 Å². The van der Waals surface area contributed by atoms with Crippen LogP contribution in [0.25, 0.3) is 0 Å². The maximum Gasteiger partial charge on any atom is 0.416 e. The summed E-state index contributed by atoms with van der Waals surface area (Å²) in [6.07, 6.45) is -6.44. The fraction of sp³-hybridized carbons (Fsp3) is 0.429. The van der Waals surface area contributed by atoms with Gasteiger partial charge in [-0.3, -0.25) is 0 Å². The fourth-order valence-electron chi connectivity index (χ4n) is 0.892. The fourth-order valence-corrected chi connectivity index (χ4v) is 0.892. The highest BCUT2D eigenvalue weighted by molar-refractivity contribution is 5.31. The van der Waals surface area contributed by atoms with E-state index in [9.17, 15) is 22.0 Å². The minimum absolute atomic E-state index is 0.316. The molecule has 68 valence electrons. The van der Waals surface area contributed by atoms with Crippen molar-refractivity contribution in [2.45, 2.75) is 18.8 Å². The van der Waals surface area contributed by atoms with E-state index in [1.807, 2.05) is 0 Å². The van der Waals surface area contributed by atoms with Gasteiger partial charge in [-0.05, 0) is 12.2 Å². The van der Waals surface area contributed by atoms with E-state index >= 15 is 0 Å². The van der Waals surface area contributed by atoms with E-state index < -0.39 is 30.2 Å². The molecule has 0 bridgehead atoms. The molecule has 0 aromatic rings. The smallest absolute Gasteiger partial charge is 0.242 e. The summed E-state index contributed by atoms with van der Waals surface area (Å²) in [7, 11) is 0. The zero-order chi connectivity index (χ0) is 9.35. The lowest BCUT2D eigenvalue weighted by Crippen LogP contribution is -2.15. The Morgan fingerprint density at radius 1 is 1.33 bits per heavy atom. The summed E-state index contributed by atoms with van der Waals surface area (Å²) >= 11 is 0. The second-order valence-corrected chi connectivity index (χ2v) is 2.43. The topological polar surface area (TPSA) is 0 Å². The van der Waals surface area contributed by atoms with Gasteiger partial charge >= 0.3 is 6.18 Å². The van der Waals surface area contributed by atoms with Gasteiger partial charge < -0.3 is 0 Å². The molecule has 0 aromatic heterocycles. The highest BCUT2D eigenvalue weighted by Gasteiger charge is 2.35. The van der Waals surface area contributed by atoms with Crippen molar-refractivity contribution in [2.24, 2.45) is 0 Å². The maximum atomic E-state index is 12.4. The van der Waals surface area contributed by atoms with Crippen LogP contribution in [0, 0.1) is 0 Å². The Morgan fingerprint density at radius 2 is 1.92 bits per heavy atom. The van der Waals surface area contributed by atoms with Crippen molar-refractivity contribution < 1.29 is 22.0 Å². The second-order valence-electron chi connectivity index (χ2n) is 2.43. The van der Waals surface area contributed by atoms with E-state index in [1.165, 1.54) is 0 Å². The van der Waals surface area contributed by atoms with E-state index in [0.29, 0.717) is 12.2 Å². The maximum absolute atomic E-state index is 12.4.